The molecule has 0 amide bonds. The van der Waals surface area contributed by atoms with Gasteiger partial charge in [-0.1, -0.05) is 51.0 Å². The molecule has 4 aliphatic heterocycles. The van der Waals surface area contributed by atoms with Gasteiger partial charge in [0, 0.05) is 11.4 Å². The maximum atomic E-state index is 2.54. The van der Waals surface area contributed by atoms with Gasteiger partial charge in [0.2, 0.25) is 0 Å². The molecule has 0 aliphatic carbocycles. The lowest BCUT2D eigenvalue weighted by atomic mass is 9.40. The fourth-order valence-corrected chi connectivity index (χ4v) is 4.23. The van der Waals surface area contributed by atoms with Crippen LogP contribution in [0.1, 0.15) is 52.4 Å². The molecule has 2 heteroatoms. The summed E-state index contributed by atoms with van der Waals surface area (Å²) in [5.41, 5.74) is 8.84. The fourth-order valence-electron chi connectivity index (χ4n) is 4.23. The molecular weight excluding hydrogens is 289 g/mol. The lowest BCUT2D eigenvalue weighted by Crippen LogP contribution is -2.47. The van der Waals surface area contributed by atoms with E-state index in [4.69, 9.17) is 0 Å². The summed E-state index contributed by atoms with van der Waals surface area (Å²) in [6.07, 6.45) is 26.0. The largest absolute Gasteiger partial charge is 0.377 e. The molecule has 0 unspecified atom stereocenters. The molecule has 0 saturated carbocycles. The molecular formula is C22H26BN. The van der Waals surface area contributed by atoms with Gasteiger partial charge in [-0.15, -0.1) is 0 Å². The molecule has 1 nitrogen and oxygen atoms in total. The first-order chi connectivity index (χ1) is 11.8. The van der Waals surface area contributed by atoms with Crippen LogP contribution in [0.2, 0.25) is 0 Å². The smallest absolute Gasteiger partial charge is 0.328 e. The Morgan fingerprint density at radius 3 is 2.50 bits per heavy atom. The minimum absolute atomic E-state index is 0.398. The maximum absolute atomic E-state index is 2.54. The molecule has 0 atom stereocenters. The van der Waals surface area contributed by atoms with E-state index in [9.17, 15) is 0 Å². The van der Waals surface area contributed by atoms with Crippen molar-refractivity contribution in [3.05, 3.63) is 82.1 Å². The van der Waals surface area contributed by atoms with E-state index in [1.165, 1.54) is 72.0 Å². The average molecular weight is 315 g/mol. The number of allylic oxidation sites excluding steroid dienone is 12. The SMILES string of the molecule is CCCCC1=CC2=CC=CC3=CC(CCCC)=C4C=CC=C1B4N23. The van der Waals surface area contributed by atoms with Crippen molar-refractivity contribution in [2.45, 2.75) is 52.4 Å². The van der Waals surface area contributed by atoms with Gasteiger partial charge in [-0.25, -0.2) is 0 Å². The average Bonchev–Trinajstić information content (AvgIpc) is 2.63. The number of nitrogens with zero attached hydrogens (tertiary/aromatic N) is 1. The van der Waals surface area contributed by atoms with Gasteiger partial charge in [0.15, 0.2) is 0 Å². The van der Waals surface area contributed by atoms with Crippen molar-refractivity contribution in [3.63, 3.8) is 0 Å². The zero-order valence-electron chi connectivity index (χ0n) is 14.9. The Bertz CT molecular complexity index is 755. The summed E-state index contributed by atoms with van der Waals surface area (Å²) >= 11 is 0. The second-order valence-corrected chi connectivity index (χ2v) is 7.13. The highest BCUT2D eigenvalue weighted by atomic mass is 15.1. The standard InChI is InChI=1S/C22H26BN/c1-3-5-9-17-15-19-11-7-12-20-16-18(10-6-4-2)22-14-8-13-21(17)23(22)24(19)20/h7-8,11-16H,3-6,9-10H2,1-2H3. The van der Waals surface area contributed by atoms with E-state index in [0.717, 1.165) is 0 Å². The zero-order valence-corrected chi connectivity index (χ0v) is 14.9. The van der Waals surface area contributed by atoms with Crippen LogP contribution in [0.4, 0.5) is 0 Å². The van der Waals surface area contributed by atoms with Crippen LogP contribution in [0.25, 0.3) is 0 Å². The monoisotopic (exact) mass is 315 g/mol. The predicted octanol–water partition coefficient (Wildman–Crippen LogP) is 5.82. The van der Waals surface area contributed by atoms with E-state index in [2.05, 4.69) is 67.3 Å². The first kappa shape index (κ1) is 15.6. The normalized spacial score (nSPS) is 20.6. The van der Waals surface area contributed by atoms with E-state index < -0.39 is 0 Å². The third-order valence-corrected chi connectivity index (χ3v) is 5.47. The molecule has 4 heterocycles. The van der Waals surface area contributed by atoms with Gasteiger partial charge < -0.3 is 4.81 Å². The van der Waals surface area contributed by atoms with E-state index in [1.807, 2.05) is 0 Å². The molecule has 122 valence electrons. The van der Waals surface area contributed by atoms with Crippen molar-refractivity contribution in [1.29, 1.82) is 0 Å². The number of unbranched alkanes of at least 4 members (excludes halogenated alkanes) is 2. The molecule has 24 heavy (non-hydrogen) atoms. The second kappa shape index (κ2) is 6.51. The minimum atomic E-state index is 0.398. The number of rotatable bonds is 6. The summed E-state index contributed by atoms with van der Waals surface area (Å²) in [6.45, 7) is 4.96. The maximum Gasteiger partial charge on any atom is 0.328 e. The number of hydrogen-bond donors (Lipinski definition) is 0. The van der Waals surface area contributed by atoms with Crippen LogP contribution in [0.5, 0.6) is 0 Å². The van der Waals surface area contributed by atoms with Gasteiger partial charge in [-0.2, -0.15) is 0 Å². The lowest BCUT2D eigenvalue weighted by Gasteiger charge is -2.45. The molecule has 4 aliphatic rings. The summed E-state index contributed by atoms with van der Waals surface area (Å²) in [7, 11) is 0. The lowest BCUT2D eigenvalue weighted by molar-refractivity contribution is 0.664. The van der Waals surface area contributed by atoms with Crippen molar-refractivity contribution >= 4 is 6.85 Å². The summed E-state index contributed by atoms with van der Waals surface area (Å²) in [6, 6.07) is 0. The Labute approximate surface area is 146 Å². The van der Waals surface area contributed by atoms with E-state index in [1.54, 1.807) is 0 Å². The van der Waals surface area contributed by atoms with Crippen LogP contribution in [0, 0.1) is 0 Å². The molecule has 0 saturated heterocycles. The number of hydrogen-bond acceptors (Lipinski definition) is 1. The van der Waals surface area contributed by atoms with Crippen LogP contribution in [0.15, 0.2) is 82.1 Å². The van der Waals surface area contributed by atoms with Crippen molar-refractivity contribution < 1.29 is 0 Å². The van der Waals surface area contributed by atoms with E-state index in [-0.39, 0.29) is 0 Å². The highest BCUT2D eigenvalue weighted by molar-refractivity contribution is 6.75. The van der Waals surface area contributed by atoms with Gasteiger partial charge in [-0.3, -0.25) is 0 Å². The van der Waals surface area contributed by atoms with Crippen molar-refractivity contribution in [3.8, 4) is 0 Å². The molecule has 0 spiro atoms. The summed E-state index contributed by atoms with van der Waals surface area (Å²) in [5.74, 6) is 0. The van der Waals surface area contributed by atoms with Crippen LogP contribution < -0.4 is 0 Å². The Morgan fingerprint density at radius 2 is 1.67 bits per heavy atom. The van der Waals surface area contributed by atoms with Gasteiger partial charge in [0.05, 0.1) is 0 Å². The molecule has 0 aromatic carbocycles. The first-order valence-electron chi connectivity index (χ1n) is 9.55. The van der Waals surface area contributed by atoms with Gasteiger partial charge in [0.25, 0.3) is 0 Å². The molecule has 4 rings (SSSR count). The Balaban J connectivity index is 1.82. The molecule has 0 aromatic rings. The summed E-state index contributed by atoms with van der Waals surface area (Å²) in [5, 5.41) is 0. The highest BCUT2D eigenvalue weighted by Crippen LogP contribution is 2.43. The van der Waals surface area contributed by atoms with Crippen molar-refractivity contribution in [1.82, 2.24) is 4.81 Å². The van der Waals surface area contributed by atoms with E-state index >= 15 is 0 Å². The predicted molar refractivity (Wildman–Crippen MR) is 104 cm³/mol. The van der Waals surface area contributed by atoms with Gasteiger partial charge >= 0.3 is 6.85 Å². The van der Waals surface area contributed by atoms with Crippen LogP contribution >= 0.6 is 0 Å². The highest BCUT2D eigenvalue weighted by Gasteiger charge is 2.41. The zero-order chi connectivity index (χ0) is 16.5. The van der Waals surface area contributed by atoms with Crippen LogP contribution in [0.3, 0.4) is 0 Å². The Hall–Kier alpha value is -1.96. The Morgan fingerprint density at radius 1 is 0.875 bits per heavy atom. The quantitative estimate of drug-likeness (QED) is 0.558. The van der Waals surface area contributed by atoms with Crippen LogP contribution in [-0.4, -0.2) is 11.7 Å². The Kier molecular flexibility index (Phi) is 4.22. The topological polar surface area (TPSA) is 3.24 Å². The van der Waals surface area contributed by atoms with Gasteiger partial charge in [0.1, 0.15) is 0 Å². The second-order valence-electron chi connectivity index (χ2n) is 7.13. The molecule has 0 aromatic heterocycles. The van der Waals surface area contributed by atoms with E-state index in [0.29, 0.717) is 6.85 Å². The van der Waals surface area contributed by atoms with Gasteiger partial charge in [-0.05, 0) is 72.1 Å². The van der Waals surface area contributed by atoms with Crippen LogP contribution in [-0.2, 0) is 0 Å². The minimum Gasteiger partial charge on any atom is -0.377 e. The van der Waals surface area contributed by atoms with Crippen molar-refractivity contribution in [2.24, 2.45) is 0 Å². The third-order valence-electron chi connectivity index (χ3n) is 5.47. The molecule has 0 radical (unpaired) electrons. The summed E-state index contributed by atoms with van der Waals surface area (Å²) in [4.78, 5) is 2.54. The molecule has 0 bridgehead atoms. The fraction of sp³-hybridized carbons (Fsp3) is 0.364. The summed E-state index contributed by atoms with van der Waals surface area (Å²) < 4.78 is 0. The third kappa shape index (κ3) is 2.49. The molecule has 0 fully saturated rings. The molecule has 0 N–H and O–H groups in total. The first-order valence-corrected chi connectivity index (χ1v) is 9.55. The van der Waals surface area contributed by atoms with Crippen molar-refractivity contribution in [2.75, 3.05) is 0 Å².